The summed E-state index contributed by atoms with van der Waals surface area (Å²) < 4.78 is 11.1. The Balaban J connectivity index is 1.79. The van der Waals surface area contributed by atoms with Gasteiger partial charge in [-0.25, -0.2) is 9.59 Å². The van der Waals surface area contributed by atoms with Gasteiger partial charge in [0.1, 0.15) is 12.4 Å². The molecule has 5 heteroatoms. The van der Waals surface area contributed by atoms with Crippen molar-refractivity contribution in [3.8, 4) is 16.9 Å². The van der Waals surface area contributed by atoms with Gasteiger partial charge in [-0.2, -0.15) is 0 Å². The van der Waals surface area contributed by atoms with Crippen LogP contribution < -0.4 is 4.74 Å². The van der Waals surface area contributed by atoms with Crippen LogP contribution in [0.1, 0.15) is 29.3 Å². The number of cyclic esters (lactones) is 1. The third-order valence-electron chi connectivity index (χ3n) is 4.82. The second-order valence-corrected chi connectivity index (χ2v) is 6.31. The number of carboxylic acids is 1. The van der Waals surface area contributed by atoms with E-state index in [4.69, 9.17) is 9.47 Å². The molecule has 2 aromatic carbocycles. The minimum Gasteiger partial charge on any atom is -0.478 e. The Hall–Kier alpha value is -2.82. The number of carboxylic acid groups (broad SMARTS) is 1. The van der Waals surface area contributed by atoms with Gasteiger partial charge in [0.2, 0.25) is 5.60 Å². The molecule has 5 nitrogen and oxygen atoms in total. The van der Waals surface area contributed by atoms with Crippen molar-refractivity contribution in [2.75, 3.05) is 0 Å². The van der Waals surface area contributed by atoms with Crippen molar-refractivity contribution in [2.45, 2.75) is 25.6 Å². The second kappa shape index (κ2) is 5.09. The zero-order chi connectivity index (χ0) is 16.9. The summed E-state index contributed by atoms with van der Waals surface area (Å²) in [6.07, 6.45) is 0.491. The third-order valence-corrected chi connectivity index (χ3v) is 4.82. The van der Waals surface area contributed by atoms with Gasteiger partial charge in [0.25, 0.3) is 0 Å². The molecule has 0 aromatic heterocycles. The van der Waals surface area contributed by atoms with Crippen LogP contribution in [0.5, 0.6) is 5.75 Å². The summed E-state index contributed by atoms with van der Waals surface area (Å²) in [6, 6.07) is 12.7. The van der Waals surface area contributed by atoms with E-state index < -0.39 is 11.6 Å². The van der Waals surface area contributed by atoms with E-state index in [0.717, 1.165) is 16.7 Å². The van der Waals surface area contributed by atoms with E-state index in [-0.39, 0.29) is 18.5 Å². The molecule has 2 aromatic rings. The number of carbonyl (C=O) groups is 2. The molecule has 0 bridgehead atoms. The Labute approximate surface area is 138 Å². The quantitative estimate of drug-likeness (QED) is 0.874. The zero-order valence-corrected chi connectivity index (χ0v) is 13.1. The fourth-order valence-electron chi connectivity index (χ4n) is 3.26. The van der Waals surface area contributed by atoms with Crippen LogP contribution in [-0.2, 0) is 16.1 Å². The molecule has 2 unspecified atom stereocenters. The number of hydrogen-bond acceptors (Lipinski definition) is 4. The van der Waals surface area contributed by atoms with Crippen LogP contribution in [-0.4, -0.2) is 22.6 Å². The van der Waals surface area contributed by atoms with Crippen molar-refractivity contribution in [3.05, 3.63) is 53.6 Å². The minimum absolute atomic E-state index is 0.0329. The van der Waals surface area contributed by atoms with E-state index in [0.29, 0.717) is 17.7 Å². The van der Waals surface area contributed by atoms with Crippen LogP contribution in [0, 0.1) is 5.92 Å². The summed E-state index contributed by atoms with van der Waals surface area (Å²) in [5, 5.41) is 9.50. The van der Waals surface area contributed by atoms with Gasteiger partial charge >= 0.3 is 11.9 Å². The van der Waals surface area contributed by atoms with Crippen LogP contribution in [0.4, 0.5) is 0 Å². The molecule has 1 aliphatic heterocycles. The molecule has 1 N–H and O–H groups in total. The van der Waals surface area contributed by atoms with Gasteiger partial charge < -0.3 is 14.6 Å². The standard InChI is InChI=1S/C19H16O5/c1-11-9-19(11,18(21)22)24-16-8-3-2-5-13(16)12-6-4-7-14-15(12)10-23-17(14)20/h2-8,11H,9-10H2,1H3,(H,21,22). The van der Waals surface area contributed by atoms with E-state index in [9.17, 15) is 14.7 Å². The van der Waals surface area contributed by atoms with E-state index in [1.54, 1.807) is 18.2 Å². The highest BCUT2D eigenvalue weighted by Gasteiger charge is 2.61. The summed E-state index contributed by atoms with van der Waals surface area (Å²) >= 11 is 0. The molecule has 1 aliphatic carbocycles. The van der Waals surface area contributed by atoms with Crippen LogP contribution in [0.2, 0.25) is 0 Å². The van der Waals surface area contributed by atoms with Crippen molar-refractivity contribution in [1.82, 2.24) is 0 Å². The number of aliphatic carboxylic acids is 1. The first-order chi connectivity index (χ1) is 11.5. The highest BCUT2D eigenvalue weighted by atomic mass is 16.5. The molecule has 0 amide bonds. The maximum Gasteiger partial charge on any atom is 0.348 e. The summed E-state index contributed by atoms with van der Waals surface area (Å²) in [6.45, 7) is 2.09. The lowest BCUT2D eigenvalue weighted by Crippen LogP contribution is -2.31. The Kier molecular flexibility index (Phi) is 3.13. The number of para-hydroxylation sites is 1. The number of rotatable bonds is 4. The van der Waals surface area contributed by atoms with Gasteiger partial charge in [0, 0.05) is 23.5 Å². The zero-order valence-electron chi connectivity index (χ0n) is 13.1. The van der Waals surface area contributed by atoms with Crippen molar-refractivity contribution in [3.63, 3.8) is 0 Å². The number of carbonyl (C=O) groups excluding carboxylic acids is 1. The topological polar surface area (TPSA) is 72.8 Å². The minimum atomic E-state index is -1.15. The molecule has 1 fully saturated rings. The lowest BCUT2D eigenvalue weighted by atomic mass is 9.96. The van der Waals surface area contributed by atoms with Gasteiger partial charge in [0.15, 0.2) is 0 Å². The molecule has 2 atom stereocenters. The summed E-state index contributed by atoms with van der Waals surface area (Å²) in [5.74, 6) is -0.795. The second-order valence-electron chi connectivity index (χ2n) is 6.31. The fraction of sp³-hybridized carbons (Fsp3) is 0.263. The highest BCUT2D eigenvalue weighted by Crippen LogP contribution is 2.49. The average molecular weight is 324 g/mol. The van der Waals surface area contributed by atoms with E-state index >= 15 is 0 Å². The number of ether oxygens (including phenoxy) is 2. The van der Waals surface area contributed by atoms with Crippen molar-refractivity contribution in [2.24, 2.45) is 5.92 Å². The van der Waals surface area contributed by atoms with Gasteiger partial charge in [-0.3, -0.25) is 0 Å². The Bertz CT molecular complexity index is 857. The fourth-order valence-corrected chi connectivity index (χ4v) is 3.26. The lowest BCUT2D eigenvalue weighted by Gasteiger charge is -2.18. The number of hydrogen-bond donors (Lipinski definition) is 1. The number of benzene rings is 2. The molecule has 2 aliphatic rings. The Morgan fingerprint density at radius 1 is 1.17 bits per heavy atom. The van der Waals surface area contributed by atoms with Crippen LogP contribution in [0.3, 0.4) is 0 Å². The van der Waals surface area contributed by atoms with Crippen LogP contribution >= 0.6 is 0 Å². The molecule has 1 heterocycles. The molecular weight excluding hydrogens is 308 g/mol. The van der Waals surface area contributed by atoms with Crippen molar-refractivity contribution < 1.29 is 24.2 Å². The van der Waals surface area contributed by atoms with E-state index in [1.165, 1.54) is 0 Å². The molecule has 24 heavy (non-hydrogen) atoms. The average Bonchev–Trinajstić information content (AvgIpc) is 3.07. The first kappa shape index (κ1) is 14.8. The predicted molar refractivity (Wildman–Crippen MR) is 85.8 cm³/mol. The summed E-state index contributed by atoms with van der Waals surface area (Å²) in [7, 11) is 0. The number of fused-ring (bicyclic) bond motifs is 1. The van der Waals surface area contributed by atoms with Crippen LogP contribution in [0.15, 0.2) is 42.5 Å². The maximum absolute atomic E-state index is 11.8. The molecule has 0 saturated heterocycles. The molecular formula is C19H16O5. The first-order valence-corrected chi connectivity index (χ1v) is 7.84. The highest BCUT2D eigenvalue weighted by molar-refractivity contribution is 5.96. The van der Waals surface area contributed by atoms with E-state index in [1.807, 2.05) is 31.2 Å². The monoisotopic (exact) mass is 324 g/mol. The van der Waals surface area contributed by atoms with Gasteiger partial charge in [0.05, 0.1) is 5.56 Å². The maximum atomic E-state index is 11.8. The molecule has 0 radical (unpaired) electrons. The summed E-state index contributed by atoms with van der Waals surface area (Å²) in [4.78, 5) is 23.4. The molecule has 0 spiro atoms. The Morgan fingerprint density at radius 3 is 2.54 bits per heavy atom. The molecule has 4 rings (SSSR count). The van der Waals surface area contributed by atoms with Crippen molar-refractivity contribution in [1.29, 1.82) is 0 Å². The Morgan fingerprint density at radius 2 is 1.83 bits per heavy atom. The van der Waals surface area contributed by atoms with Crippen molar-refractivity contribution >= 4 is 11.9 Å². The third kappa shape index (κ3) is 2.08. The molecule has 1 saturated carbocycles. The van der Waals surface area contributed by atoms with Gasteiger partial charge in [-0.1, -0.05) is 37.3 Å². The molecule has 122 valence electrons. The number of esters is 1. The van der Waals surface area contributed by atoms with Gasteiger partial charge in [-0.05, 0) is 17.7 Å². The normalized spacial score (nSPS) is 24.2. The largest absolute Gasteiger partial charge is 0.478 e. The lowest BCUT2D eigenvalue weighted by molar-refractivity contribution is -0.148. The smallest absolute Gasteiger partial charge is 0.348 e. The SMILES string of the molecule is CC1CC1(Oc1ccccc1-c1cccc2c1COC2=O)C(=O)O. The summed E-state index contributed by atoms with van der Waals surface area (Å²) in [5.41, 5.74) is 1.82. The van der Waals surface area contributed by atoms with Crippen LogP contribution in [0.25, 0.3) is 11.1 Å². The van der Waals surface area contributed by atoms with Gasteiger partial charge in [-0.15, -0.1) is 0 Å². The predicted octanol–water partition coefficient (Wildman–Crippen LogP) is 3.27. The first-order valence-electron chi connectivity index (χ1n) is 7.84. The van der Waals surface area contributed by atoms with E-state index in [2.05, 4.69) is 0 Å².